The van der Waals surface area contributed by atoms with Crippen molar-refractivity contribution in [1.82, 2.24) is 5.32 Å². The van der Waals surface area contributed by atoms with Gasteiger partial charge in [-0.15, -0.1) is 0 Å². The molecule has 0 rings (SSSR count). The van der Waals surface area contributed by atoms with E-state index in [1.165, 1.54) is 12.8 Å². The summed E-state index contributed by atoms with van der Waals surface area (Å²) in [7, 11) is 0. The second kappa shape index (κ2) is 15.7. The number of primary amides is 1. The van der Waals surface area contributed by atoms with Gasteiger partial charge in [-0.2, -0.15) is 0 Å². The van der Waals surface area contributed by atoms with Crippen LogP contribution in [0.25, 0.3) is 0 Å². The minimum absolute atomic E-state index is 0.0151. The van der Waals surface area contributed by atoms with Gasteiger partial charge in [0.15, 0.2) is 0 Å². The molecule has 0 radical (unpaired) electrons. The minimum Gasteiger partial charge on any atom is -0.369 e. The largest absolute Gasteiger partial charge is 0.369 e. The number of hydrogen-bond donors (Lipinski definition) is 2. The van der Waals surface area contributed by atoms with E-state index in [4.69, 9.17) is 5.73 Å². The van der Waals surface area contributed by atoms with Crippen LogP contribution in [-0.4, -0.2) is 18.4 Å². The van der Waals surface area contributed by atoms with Crippen LogP contribution >= 0.6 is 0 Å². The topological polar surface area (TPSA) is 72.2 Å². The molecule has 0 aliphatic carbocycles. The first-order valence-electron chi connectivity index (χ1n) is 12.4. The standard InChI is InChI=1S/C25H50N2O2/c1-6-10-13-16-19-25(22(26)28,20-17-14-11-7-2)24(5,9-4)23(29)27-21-18-15-12-8-3/h6-21H2,1-5H3,(H2,26,28)(H,27,29). The summed E-state index contributed by atoms with van der Waals surface area (Å²) in [5.74, 6) is -0.266. The Morgan fingerprint density at radius 2 is 1.17 bits per heavy atom. The molecule has 0 fully saturated rings. The predicted octanol–water partition coefficient (Wildman–Crippen LogP) is 6.51. The smallest absolute Gasteiger partial charge is 0.227 e. The van der Waals surface area contributed by atoms with E-state index < -0.39 is 10.8 Å². The number of carbonyl (C=O) groups is 2. The number of rotatable bonds is 19. The van der Waals surface area contributed by atoms with Crippen LogP contribution in [0, 0.1) is 10.8 Å². The van der Waals surface area contributed by atoms with Crippen molar-refractivity contribution >= 4 is 11.8 Å². The van der Waals surface area contributed by atoms with Crippen LogP contribution in [0.4, 0.5) is 0 Å². The van der Waals surface area contributed by atoms with Crippen molar-refractivity contribution < 1.29 is 9.59 Å². The van der Waals surface area contributed by atoms with Gasteiger partial charge >= 0.3 is 0 Å². The van der Waals surface area contributed by atoms with E-state index in [-0.39, 0.29) is 11.8 Å². The molecule has 3 N–H and O–H groups in total. The van der Waals surface area contributed by atoms with E-state index in [0.717, 1.165) is 77.0 Å². The molecule has 0 saturated heterocycles. The summed E-state index contributed by atoms with van der Waals surface area (Å²) in [6, 6.07) is 0. The average Bonchev–Trinajstić information content (AvgIpc) is 2.71. The molecule has 0 aromatic rings. The number of nitrogens with one attached hydrogen (secondary N) is 1. The van der Waals surface area contributed by atoms with Crippen LogP contribution in [0.15, 0.2) is 0 Å². The highest BCUT2D eigenvalue weighted by Gasteiger charge is 2.54. The van der Waals surface area contributed by atoms with Gasteiger partial charge in [-0.25, -0.2) is 0 Å². The summed E-state index contributed by atoms with van der Waals surface area (Å²) < 4.78 is 0. The Morgan fingerprint density at radius 1 is 0.724 bits per heavy atom. The van der Waals surface area contributed by atoms with E-state index in [1.807, 2.05) is 13.8 Å². The Morgan fingerprint density at radius 3 is 1.55 bits per heavy atom. The molecule has 0 spiro atoms. The summed E-state index contributed by atoms with van der Waals surface area (Å²) in [6.07, 6.45) is 15.3. The third-order valence-electron chi connectivity index (χ3n) is 6.97. The molecule has 29 heavy (non-hydrogen) atoms. The molecule has 1 unspecified atom stereocenters. The lowest BCUT2D eigenvalue weighted by Gasteiger charge is -2.45. The van der Waals surface area contributed by atoms with Crippen LogP contribution in [-0.2, 0) is 9.59 Å². The third kappa shape index (κ3) is 8.68. The van der Waals surface area contributed by atoms with E-state index in [1.54, 1.807) is 0 Å². The lowest BCUT2D eigenvalue weighted by atomic mass is 9.57. The monoisotopic (exact) mass is 410 g/mol. The fourth-order valence-corrected chi connectivity index (χ4v) is 4.57. The van der Waals surface area contributed by atoms with Gasteiger partial charge in [0.05, 0.1) is 10.8 Å². The second-order valence-electron chi connectivity index (χ2n) is 9.07. The maximum absolute atomic E-state index is 13.3. The van der Waals surface area contributed by atoms with Gasteiger partial charge in [0, 0.05) is 6.54 Å². The van der Waals surface area contributed by atoms with Crippen LogP contribution in [0.5, 0.6) is 0 Å². The van der Waals surface area contributed by atoms with Gasteiger partial charge in [0.2, 0.25) is 11.8 Å². The lowest BCUT2D eigenvalue weighted by Crippen LogP contribution is -2.56. The molecule has 2 amide bonds. The predicted molar refractivity (Wildman–Crippen MR) is 125 cm³/mol. The Hall–Kier alpha value is -1.06. The first-order chi connectivity index (χ1) is 13.9. The number of nitrogens with two attached hydrogens (primary N) is 1. The molecule has 0 aliphatic rings. The highest BCUT2D eigenvalue weighted by atomic mass is 16.2. The molecule has 0 aliphatic heterocycles. The van der Waals surface area contributed by atoms with Crippen molar-refractivity contribution in [3.63, 3.8) is 0 Å². The highest BCUT2D eigenvalue weighted by molar-refractivity contribution is 5.92. The Kier molecular flexibility index (Phi) is 15.2. The van der Waals surface area contributed by atoms with E-state index >= 15 is 0 Å². The Bertz CT molecular complexity index is 438. The van der Waals surface area contributed by atoms with Crippen LogP contribution in [0.3, 0.4) is 0 Å². The van der Waals surface area contributed by atoms with Crippen molar-refractivity contribution in [1.29, 1.82) is 0 Å². The van der Waals surface area contributed by atoms with Crippen LogP contribution in [0.2, 0.25) is 0 Å². The molecule has 1 atom stereocenters. The van der Waals surface area contributed by atoms with Crippen LogP contribution in [0.1, 0.15) is 131 Å². The second-order valence-corrected chi connectivity index (χ2v) is 9.07. The summed E-state index contributed by atoms with van der Waals surface area (Å²) in [5, 5.41) is 3.15. The highest BCUT2D eigenvalue weighted by Crippen LogP contribution is 2.50. The van der Waals surface area contributed by atoms with Gasteiger partial charge in [0.1, 0.15) is 0 Å². The lowest BCUT2D eigenvalue weighted by molar-refractivity contribution is -0.152. The first kappa shape index (κ1) is 27.9. The maximum Gasteiger partial charge on any atom is 0.227 e. The number of carbonyl (C=O) groups excluding carboxylic acids is 2. The van der Waals surface area contributed by atoms with Crippen LogP contribution < -0.4 is 11.1 Å². The van der Waals surface area contributed by atoms with Crippen molar-refractivity contribution in [2.45, 2.75) is 131 Å². The van der Waals surface area contributed by atoms with Gasteiger partial charge in [0.25, 0.3) is 0 Å². The summed E-state index contributed by atoms with van der Waals surface area (Å²) >= 11 is 0. The molecule has 0 aromatic heterocycles. The number of amides is 2. The van der Waals surface area contributed by atoms with Crippen molar-refractivity contribution in [3.05, 3.63) is 0 Å². The summed E-state index contributed by atoms with van der Waals surface area (Å²) in [4.78, 5) is 26.3. The Balaban J connectivity index is 5.47. The molecular formula is C25H50N2O2. The van der Waals surface area contributed by atoms with E-state index in [2.05, 4.69) is 26.1 Å². The number of unbranched alkanes of at least 4 members (excludes halogenated alkanes) is 9. The zero-order chi connectivity index (χ0) is 22.2. The fraction of sp³-hybridized carbons (Fsp3) is 0.920. The zero-order valence-electron chi connectivity index (χ0n) is 20.2. The molecule has 0 aromatic carbocycles. The zero-order valence-corrected chi connectivity index (χ0v) is 20.2. The minimum atomic E-state index is -0.753. The molecule has 4 heteroatoms. The molecule has 0 bridgehead atoms. The summed E-state index contributed by atoms with van der Waals surface area (Å²) in [5.41, 5.74) is 4.57. The molecule has 172 valence electrons. The molecular weight excluding hydrogens is 360 g/mol. The van der Waals surface area contributed by atoms with Gasteiger partial charge in [-0.1, -0.05) is 98.3 Å². The quantitative estimate of drug-likeness (QED) is 0.238. The van der Waals surface area contributed by atoms with Gasteiger partial charge < -0.3 is 11.1 Å². The van der Waals surface area contributed by atoms with Crippen molar-refractivity contribution in [2.75, 3.05) is 6.54 Å². The maximum atomic E-state index is 13.3. The van der Waals surface area contributed by atoms with Crippen molar-refractivity contribution in [3.8, 4) is 0 Å². The van der Waals surface area contributed by atoms with Gasteiger partial charge in [-0.05, 0) is 32.6 Å². The van der Waals surface area contributed by atoms with E-state index in [0.29, 0.717) is 13.0 Å². The fourth-order valence-electron chi connectivity index (χ4n) is 4.57. The third-order valence-corrected chi connectivity index (χ3v) is 6.97. The Labute approximate surface area is 181 Å². The first-order valence-corrected chi connectivity index (χ1v) is 12.4. The average molecular weight is 411 g/mol. The van der Waals surface area contributed by atoms with Crippen molar-refractivity contribution in [2.24, 2.45) is 16.6 Å². The normalized spacial score (nSPS) is 13.8. The van der Waals surface area contributed by atoms with E-state index in [9.17, 15) is 9.59 Å². The van der Waals surface area contributed by atoms with Gasteiger partial charge in [-0.3, -0.25) is 9.59 Å². The molecule has 4 nitrogen and oxygen atoms in total. The SMILES string of the molecule is CCCCCCNC(=O)C(C)(CC)C(CCCCCC)(CCCCCC)C(N)=O. The summed E-state index contributed by atoms with van der Waals surface area (Å²) in [6.45, 7) is 11.3. The molecule has 0 heterocycles. The number of hydrogen-bond acceptors (Lipinski definition) is 2. The molecule has 0 saturated carbocycles.